The third-order valence-corrected chi connectivity index (χ3v) is 5.25. The highest BCUT2D eigenvalue weighted by atomic mass is 35.5. The monoisotopic (exact) mass is 416 g/mol. The first kappa shape index (κ1) is 21.1. The zero-order valence-corrected chi connectivity index (χ0v) is 17.6. The number of nitrogens with zero attached hydrogens (tertiary/aromatic N) is 4. The molecule has 2 amide bonds. The number of ether oxygens (including phenoxy) is 1. The van der Waals surface area contributed by atoms with Crippen molar-refractivity contribution in [3.8, 4) is 0 Å². The van der Waals surface area contributed by atoms with Gasteiger partial charge in [-0.3, -0.25) is 9.59 Å². The van der Waals surface area contributed by atoms with E-state index in [4.69, 9.17) is 16.3 Å². The number of amides is 2. The number of hydrogen-bond acceptors (Lipinski definition) is 4. The highest BCUT2D eigenvalue weighted by Gasteiger charge is 2.34. The van der Waals surface area contributed by atoms with Gasteiger partial charge in [0.05, 0.1) is 24.1 Å². The number of rotatable bonds is 7. The average molecular weight is 417 g/mol. The van der Waals surface area contributed by atoms with Crippen molar-refractivity contribution in [3.63, 3.8) is 0 Å². The van der Waals surface area contributed by atoms with Crippen LogP contribution in [0.5, 0.6) is 0 Å². The molecule has 3 rings (SSSR count). The van der Waals surface area contributed by atoms with Crippen LogP contribution in [0.4, 0.5) is 0 Å². The second kappa shape index (κ2) is 9.24. The molecule has 2 aromatic rings. The van der Waals surface area contributed by atoms with E-state index in [0.717, 1.165) is 17.0 Å². The number of hydrogen-bond donors (Lipinski definition) is 0. The molecule has 0 radical (unpaired) electrons. The van der Waals surface area contributed by atoms with E-state index < -0.39 is 0 Å². The van der Waals surface area contributed by atoms with Crippen molar-refractivity contribution >= 4 is 29.1 Å². The molecule has 2 heterocycles. The van der Waals surface area contributed by atoms with Gasteiger partial charge in [-0.2, -0.15) is 5.10 Å². The van der Waals surface area contributed by atoms with Crippen LogP contribution in [-0.2, 0) is 21.4 Å². The lowest BCUT2D eigenvalue weighted by Crippen LogP contribution is -2.41. The minimum atomic E-state index is -0.249. The second-order valence-electron chi connectivity index (χ2n) is 6.99. The molecule has 29 heavy (non-hydrogen) atoms. The second-order valence-corrected chi connectivity index (χ2v) is 7.43. The van der Waals surface area contributed by atoms with Gasteiger partial charge in [-0.05, 0) is 29.8 Å². The fourth-order valence-electron chi connectivity index (χ4n) is 3.39. The van der Waals surface area contributed by atoms with Gasteiger partial charge in [0.15, 0.2) is 0 Å². The van der Waals surface area contributed by atoms with Gasteiger partial charge >= 0.3 is 0 Å². The Hall–Kier alpha value is -2.64. The van der Waals surface area contributed by atoms with Crippen molar-refractivity contribution in [2.45, 2.75) is 19.4 Å². The van der Waals surface area contributed by atoms with Crippen LogP contribution in [0.15, 0.2) is 47.7 Å². The van der Waals surface area contributed by atoms with Crippen LogP contribution in [0.3, 0.4) is 0 Å². The van der Waals surface area contributed by atoms with Gasteiger partial charge in [0.1, 0.15) is 6.54 Å². The SMILES string of the molecule is COCCN(CC(=O)N1N=C(c2cccn2C)C[C@H]1c1ccc(Cl)cc1)C(C)=O. The molecule has 7 nitrogen and oxygen atoms in total. The van der Waals surface area contributed by atoms with Crippen LogP contribution in [0.2, 0.25) is 5.02 Å². The average Bonchev–Trinajstić information content (AvgIpc) is 3.31. The molecular weight excluding hydrogens is 392 g/mol. The predicted molar refractivity (Wildman–Crippen MR) is 112 cm³/mol. The molecule has 8 heteroatoms. The summed E-state index contributed by atoms with van der Waals surface area (Å²) in [5, 5.41) is 6.77. The highest BCUT2D eigenvalue weighted by molar-refractivity contribution is 6.30. The summed E-state index contributed by atoms with van der Waals surface area (Å²) in [6.45, 7) is 2.12. The Morgan fingerprint density at radius 2 is 2.00 bits per heavy atom. The maximum atomic E-state index is 13.1. The summed E-state index contributed by atoms with van der Waals surface area (Å²) in [7, 11) is 3.51. The number of halogens is 1. The smallest absolute Gasteiger partial charge is 0.262 e. The van der Waals surface area contributed by atoms with E-state index in [1.54, 1.807) is 19.2 Å². The maximum Gasteiger partial charge on any atom is 0.262 e. The molecule has 0 bridgehead atoms. The molecule has 1 aromatic heterocycles. The summed E-state index contributed by atoms with van der Waals surface area (Å²) in [5.41, 5.74) is 2.74. The van der Waals surface area contributed by atoms with Gasteiger partial charge < -0.3 is 14.2 Å². The molecule has 0 unspecified atom stereocenters. The van der Waals surface area contributed by atoms with E-state index in [-0.39, 0.29) is 24.4 Å². The number of carbonyl (C=O) groups excluding carboxylic acids is 2. The zero-order valence-electron chi connectivity index (χ0n) is 16.8. The molecule has 1 atom stereocenters. The Kier molecular flexibility index (Phi) is 6.71. The molecule has 1 aliphatic heterocycles. The zero-order chi connectivity index (χ0) is 21.0. The normalized spacial score (nSPS) is 16.1. The third-order valence-electron chi connectivity index (χ3n) is 5.00. The number of hydrazone groups is 1. The summed E-state index contributed by atoms with van der Waals surface area (Å²) < 4.78 is 7.03. The van der Waals surface area contributed by atoms with E-state index in [9.17, 15) is 9.59 Å². The fraction of sp³-hybridized carbons (Fsp3) is 0.381. The minimum Gasteiger partial charge on any atom is -0.383 e. The van der Waals surface area contributed by atoms with E-state index >= 15 is 0 Å². The molecule has 1 aromatic carbocycles. The van der Waals surface area contributed by atoms with Gasteiger partial charge in [-0.1, -0.05) is 23.7 Å². The van der Waals surface area contributed by atoms with Crippen LogP contribution in [-0.4, -0.2) is 58.8 Å². The van der Waals surface area contributed by atoms with Crippen LogP contribution in [0.25, 0.3) is 0 Å². The van der Waals surface area contributed by atoms with Gasteiger partial charge in [-0.15, -0.1) is 0 Å². The van der Waals surface area contributed by atoms with Crippen molar-refractivity contribution in [3.05, 3.63) is 58.9 Å². The van der Waals surface area contributed by atoms with Crippen molar-refractivity contribution in [1.29, 1.82) is 0 Å². The van der Waals surface area contributed by atoms with Crippen molar-refractivity contribution in [2.75, 3.05) is 26.8 Å². The lowest BCUT2D eigenvalue weighted by Gasteiger charge is -2.26. The third kappa shape index (κ3) is 4.86. The van der Waals surface area contributed by atoms with Gasteiger partial charge in [0, 0.05) is 45.3 Å². The lowest BCUT2D eigenvalue weighted by atomic mass is 10.0. The Morgan fingerprint density at radius 3 is 2.59 bits per heavy atom. The van der Waals surface area contributed by atoms with E-state index in [1.807, 2.05) is 42.1 Å². The Labute approximate surface area is 175 Å². The van der Waals surface area contributed by atoms with Crippen LogP contribution >= 0.6 is 11.6 Å². The lowest BCUT2D eigenvalue weighted by molar-refractivity contribution is -0.141. The molecule has 0 saturated carbocycles. The number of benzene rings is 1. The molecule has 0 spiro atoms. The largest absolute Gasteiger partial charge is 0.383 e. The number of carbonyl (C=O) groups is 2. The molecule has 0 saturated heterocycles. The summed E-state index contributed by atoms with van der Waals surface area (Å²) in [6.07, 6.45) is 2.53. The van der Waals surface area contributed by atoms with E-state index in [2.05, 4.69) is 5.10 Å². The summed E-state index contributed by atoms with van der Waals surface area (Å²) >= 11 is 6.03. The Bertz CT molecular complexity index is 907. The minimum absolute atomic E-state index is 0.0489. The Balaban J connectivity index is 1.88. The number of methoxy groups -OCH3 is 1. The fourth-order valence-corrected chi connectivity index (χ4v) is 3.51. The molecule has 1 aliphatic rings. The molecule has 154 valence electrons. The predicted octanol–water partition coefficient (Wildman–Crippen LogP) is 2.85. The quantitative estimate of drug-likeness (QED) is 0.697. The molecular formula is C21H25ClN4O3. The first-order chi connectivity index (χ1) is 13.9. The molecule has 0 fully saturated rings. The topological polar surface area (TPSA) is 67.1 Å². The summed E-state index contributed by atoms with van der Waals surface area (Å²) in [6, 6.07) is 11.1. The first-order valence-corrected chi connectivity index (χ1v) is 9.79. The van der Waals surface area contributed by atoms with Crippen LogP contribution < -0.4 is 0 Å². The number of aromatic nitrogens is 1. The molecule has 0 aliphatic carbocycles. The standard InChI is InChI=1S/C21H25ClN4O3/c1-15(27)25(11-12-29-3)14-21(28)26-20(16-6-8-17(22)9-7-16)13-18(23-26)19-5-4-10-24(19)2/h4-10,20H,11-14H2,1-3H3/t20-/m0/s1. The van der Waals surface area contributed by atoms with Crippen molar-refractivity contribution in [2.24, 2.45) is 12.1 Å². The highest BCUT2D eigenvalue weighted by Crippen LogP contribution is 2.33. The van der Waals surface area contributed by atoms with Crippen molar-refractivity contribution < 1.29 is 14.3 Å². The van der Waals surface area contributed by atoms with Gasteiger partial charge in [-0.25, -0.2) is 5.01 Å². The van der Waals surface area contributed by atoms with E-state index in [0.29, 0.717) is 24.6 Å². The van der Waals surface area contributed by atoms with Gasteiger partial charge in [0.25, 0.3) is 5.91 Å². The summed E-state index contributed by atoms with van der Waals surface area (Å²) in [5.74, 6) is -0.412. The number of aryl methyl sites for hydroxylation is 1. The van der Waals surface area contributed by atoms with Gasteiger partial charge in [0.2, 0.25) is 5.91 Å². The van der Waals surface area contributed by atoms with Crippen LogP contribution in [0, 0.1) is 0 Å². The summed E-state index contributed by atoms with van der Waals surface area (Å²) in [4.78, 5) is 26.5. The van der Waals surface area contributed by atoms with Crippen LogP contribution in [0.1, 0.15) is 30.6 Å². The Morgan fingerprint density at radius 1 is 1.28 bits per heavy atom. The van der Waals surface area contributed by atoms with E-state index in [1.165, 1.54) is 16.8 Å². The van der Waals surface area contributed by atoms with Crippen molar-refractivity contribution in [1.82, 2.24) is 14.5 Å². The molecule has 0 N–H and O–H groups in total. The first-order valence-electron chi connectivity index (χ1n) is 9.42. The maximum absolute atomic E-state index is 13.1.